The van der Waals surface area contributed by atoms with Crippen molar-refractivity contribution in [3.63, 3.8) is 0 Å². The fourth-order valence-electron chi connectivity index (χ4n) is 7.80. The van der Waals surface area contributed by atoms with Crippen molar-refractivity contribution in [2.75, 3.05) is 0 Å². The highest BCUT2D eigenvalue weighted by atomic mass is 32.1. The van der Waals surface area contributed by atoms with Crippen molar-refractivity contribution in [1.82, 2.24) is 15.0 Å². The summed E-state index contributed by atoms with van der Waals surface area (Å²) < 4.78 is 2.50. The SMILES string of the molecule is c1ccc(-c2nc(-c3ccc4c(c3)-c3ccccc3C4(c3ccccc3)c3ccccc3)nc(-c3ccc4c(c3)sc3ccccc34)n2)cc1. The average molecular weight is 656 g/mol. The van der Waals surface area contributed by atoms with Crippen LogP contribution in [0, 0.1) is 0 Å². The first-order valence-corrected chi connectivity index (χ1v) is 17.7. The second kappa shape index (κ2) is 11.4. The second-order valence-corrected chi connectivity index (χ2v) is 13.9. The summed E-state index contributed by atoms with van der Waals surface area (Å²) >= 11 is 1.80. The molecule has 0 radical (unpaired) electrons. The number of hydrogen-bond donors (Lipinski definition) is 0. The monoisotopic (exact) mass is 655 g/mol. The van der Waals surface area contributed by atoms with Gasteiger partial charge in [0.15, 0.2) is 17.5 Å². The van der Waals surface area contributed by atoms with Crippen LogP contribution in [0.4, 0.5) is 0 Å². The fourth-order valence-corrected chi connectivity index (χ4v) is 8.95. The zero-order chi connectivity index (χ0) is 33.1. The van der Waals surface area contributed by atoms with Gasteiger partial charge in [-0.25, -0.2) is 15.0 Å². The number of hydrogen-bond acceptors (Lipinski definition) is 4. The second-order valence-electron chi connectivity index (χ2n) is 12.8. The lowest BCUT2D eigenvalue weighted by Gasteiger charge is -2.33. The zero-order valence-electron chi connectivity index (χ0n) is 27.0. The molecule has 9 aromatic rings. The molecule has 0 unspecified atom stereocenters. The Balaban J connectivity index is 1.19. The summed E-state index contributed by atoms with van der Waals surface area (Å²) in [5, 5.41) is 2.53. The lowest BCUT2D eigenvalue weighted by atomic mass is 9.67. The van der Waals surface area contributed by atoms with Gasteiger partial charge in [-0.15, -0.1) is 11.3 Å². The maximum Gasteiger partial charge on any atom is 0.164 e. The van der Waals surface area contributed by atoms with Crippen molar-refractivity contribution in [1.29, 1.82) is 0 Å². The maximum atomic E-state index is 5.18. The smallest absolute Gasteiger partial charge is 0.164 e. The Morgan fingerprint density at radius 1 is 0.360 bits per heavy atom. The standard InChI is InChI=1S/C46H29N3S/c1-4-14-30(15-5-1)43-47-44(49-45(48-43)32-24-26-37-36-21-11-13-23-41(36)50-42(37)29-32)31-25-27-40-38(28-31)35-20-10-12-22-39(35)46(40,33-16-6-2-7-17-33)34-18-8-3-9-19-34/h1-29H. The predicted molar refractivity (Wildman–Crippen MR) is 206 cm³/mol. The summed E-state index contributed by atoms with van der Waals surface area (Å²) in [4.78, 5) is 15.3. The minimum Gasteiger partial charge on any atom is -0.208 e. The molecular formula is C46H29N3S. The summed E-state index contributed by atoms with van der Waals surface area (Å²) in [6, 6.07) is 62.7. The van der Waals surface area contributed by atoms with Gasteiger partial charge in [0.05, 0.1) is 5.41 Å². The van der Waals surface area contributed by atoms with Gasteiger partial charge < -0.3 is 0 Å². The van der Waals surface area contributed by atoms with Crippen LogP contribution >= 0.6 is 11.3 Å². The quantitative estimate of drug-likeness (QED) is 0.185. The largest absolute Gasteiger partial charge is 0.208 e. The molecule has 2 heterocycles. The molecule has 0 N–H and O–H groups in total. The highest BCUT2D eigenvalue weighted by Gasteiger charge is 2.46. The van der Waals surface area contributed by atoms with E-state index >= 15 is 0 Å². The van der Waals surface area contributed by atoms with Crippen LogP contribution in [0.25, 0.3) is 65.5 Å². The normalized spacial score (nSPS) is 13.0. The van der Waals surface area contributed by atoms with Gasteiger partial charge in [0.1, 0.15) is 0 Å². The Bertz CT molecular complexity index is 2660. The van der Waals surface area contributed by atoms with E-state index in [0.717, 1.165) is 16.7 Å². The van der Waals surface area contributed by atoms with Gasteiger partial charge in [-0.1, -0.05) is 158 Å². The number of fused-ring (bicyclic) bond motifs is 6. The molecular weight excluding hydrogens is 627 g/mol. The van der Waals surface area contributed by atoms with E-state index in [-0.39, 0.29) is 0 Å². The summed E-state index contributed by atoms with van der Waals surface area (Å²) in [6.07, 6.45) is 0. The number of thiophene rings is 1. The molecule has 0 bridgehead atoms. The van der Waals surface area contributed by atoms with Gasteiger partial charge in [-0.05, 0) is 51.6 Å². The average Bonchev–Trinajstić information content (AvgIpc) is 3.72. The summed E-state index contributed by atoms with van der Waals surface area (Å²) in [7, 11) is 0. The molecule has 3 nitrogen and oxygen atoms in total. The molecule has 0 aliphatic heterocycles. The van der Waals surface area contributed by atoms with Crippen molar-refractivity contribution < 1.29 is 0 Å². The number of aromatic nitrogens is 3. The predicted octanol–water partition coefficient (Wildman–Crippen LogP) is 11.6. The van der Waals surface area contributed by atoms with Gasteiger partial charge in [-0.3, -0.25) is 0 Å². The Morgan fingerprint density at radius 2 is 0.880 bits per heavy atom. The van der Waals surface area contributed by atoms with Gasteiger partial charge in [-0.2, -0.15) is 0 Å². The van der Waals surface area contributed by atoms with Crippen LogP contribution in [-0.2, 0) is 5.41 Å². The molecule has 1 aliphatic rings. The van der Waals surface area contributed by atoms with E-state index < -0.39 is 5.41 Å². The third kappa shape index (κ3) is 4.39. The molecule has 0 fully saturated rings. The van der Waals surface area contributed by atoms with Crippen molar-refractivity contribution in [3.8, 4) is 45.3 Å². The van der Waals surface area contributed by atoms with Crippen LogP contribution in [0.1, 0.15) is 22.3 Å². The molecule has 2 aromatic heterocycles. The molecule has 7 aromatic carbocycles. The van der Waals surface area contributed by atoms with Gasteiger partial charge in [0.2, 0.25) is 0 Å². The third-order valence-corrected chi connectivity index (χ3v) is 11.2. The molecule has 10 rings (SSSR count). The maximum absolute atomic E-state index is 5.18. The Hall–Kier alpha value is -6.23. The minimum absolute atomic E-state index is 0.452. The van der Waals surface area contributed by atoms with Gasteiger partial charge in [0.25, 0.3) is 0 Å². The van der Waals surface area contributed by atoms with Crippen molar-refractivity contribution in [3.05, 3.63) is 198 Å². The fraction of sp³-hybridized carbons (Fsp3) is 0.0217. The first kappa shape index (κ1) is 28.8. The highest BCUT2D eigenvalue weighted by molar-refractivity contribution is 7.25. The molecule has 50 heavy (non-hydrogen) atoms. The van der Waals surface area contributed by atoms with E-state index in [1.165, 1.54) is 53.6 Å². The third-order valence-electron chi connectivity index (χ3n) is 10.0. The van der Waals surface area contributed by atoms with Crippen LogP contribution in [-0.4, -0.2) is 15.0 Å². The van der Waals surface area contributed by atoms with E-state index in [1.54, 1.807) is 11.3 Å². The molecule has 0 saturated heterocycles. The van der Waals surface area contributed by atoms with Crippen LogP contribution < -0.4 is 0 Å². The van der Waals surface area contributed by atoms with E-state index in [9.17, 15) is 0 Å². The first-order valence-electron chi connectivity index (χ1n) is 16.9. The number of benzene rings is 7. The van der Waals surface area contributed by atoms with Crippen molar-refractivity contribution >= 4 is 31.5 Å². The zero-order valence-corrected chi connectivity index (χ0v) is 27.8. The minimum atomic E-state index is -0.452. The Labute approximate surface area is 294 Å². The number of rotatable bonds is 5. The van der Waals surface area contributed by atoms with Crippen LogP contribution in [0.5, 0.6) is 0 Å². The van der Waals surface area contributed by atoms with E-state index in [1.807, 2.05) is 18.2 Å². The summed E-state index contributed by atoms with van der Waals surface area (Å²) in [5.74, 6) is 1.98. The molecule has 0 atom stereocenters. The van der Waals surface area contributed by atoms with Gasteiger partial charge >= 0.3 is 0 Å². The van der Waals surface area contributed by atoms with Crippen LogP contribution in [0.15, 0.2) is 176 Å². The molecule has 1 aliphatic carbocycles. The Morgan fingerprint density at radius 3 is 1.60 bits per heavy atom. The first-order chi connectivity index (χ1) is 24.8. The highest BCUT2D eigenvalue weighted by Crippen LogP contribution is 2.56. The van der Waals surface area contributed by atoms with Crippen LogP contribution in [0.3, 0.4) is 0 Å². The van der Waals surface area contributed by atoms with Crippen LogP contribution in [0.2, 0.25) is 0 Å². The molecule has 234 valence electrons. The number of nitrogens with zero attached hydrogens (tertiary/aromatic N) is 3. The Kier molecular flexibility index (Phi) is 6.58. The topological polar surface area (TPSA) is 38.7 Å². The van der Waals surface area contributed by atoms with Gasteiger partial charge in [0, 0.05) is 36.9 Å². The molecule has 4 heteroatoms. The van der Waals surface area contributed by atoms with E-state index in [4.69, 9.17) is 15.0 Å². The van der Waals surface area contributed by atoms with E-state index in [0.29, 0.717) is 17.5 Å². The lowest BCUT2D eigenvalue weighted by molar-refractivity contribution is 0.768. The van der Waals surface area contributed by atoms with Crippen molar-refractivity contribution in [2.45, 2.75) is 5.41 Å². The summed E-state index contributed by atoms with van der Waals surface area (Å²) in [6.45, 7) is 0. The molecule has 0 saturated carbocycles. The van der Waals surface area contributed by atoms with E-state index in [2.05, 4.69) is 158 Å². The summed E-state index contributed by atoms with van der Waals surface area (Å²) in [5.41, 5.74) is 9.89. The lowest BCUT2D eigenvalue weighted by Crippen LogP contribution is -2.28. The molecule has 0 amide bonds. The van der Waals surface area contributed by atoms with Crippen molar-refractivity contribution in [2.24, 2.45) is 0 Å². The molecule has 0 spiro atoms.